The molecule has 19 heavy (non-hydrogen) atoms. The Kier molecular flexibility index (Phi) is 4.76. The maximum Gasteiger partial charge on any atom is 0.333 e. The summed E-state index contributed by atoms with van der Waals surface area (Å²) in [4.78, 5) is 34.3. The highest BCUT2D eigenvalue weighted by molar-refractivity contribution is 6.34. The number of esters is 2. The van der Waals surface area contributed by atoms with Gasteiger partial charge in [-0.1, -0.05) is 23.2 Å². The van der Waals surface area contributed by atoms with Crippen LogP contribution in [0.4, 0.5) is 0 Å². The maximum atomic E-state index is 11.5. The first-order valence-corrected chi connectivity index (χ1v) is 6.17. The zero-order valence-corrected chi connectivity index (χ0v) is 12.2. The van der Waals surface area contributed by atoms with Crippen molar-refractivity contribution < 1.29 is 14.3 Å². The van der Waals surface area contributed by atoms with Gasteiger partial charge in [0.05, 0.1) is 5.41 Å². The topological polar surface area (TPSA) is 65.4 Å². The number of aromatic nitrogens is 1. The summed E-state index contributed by atoms with van der Waals surface area (Å²) in [7, 11) is 0. The van der Waals surface area contributed by atoms with E-state index in [2.05, 4.69) is 4.74 Å². The van der Waals surface area contributed by atoms with E-state index in [1.54, 1.807) is 20.8 Å². The quantitative estimate of drug-likeness (QED) is 0.621. The predicted octanol–water partition coefficient (Wildman–Crippen LogP) is 2.27. The number of nitrogens with zero attached hydrogens (tertiary/aromatic N) is 1. The molecule has 5 nitrogen and oxygen atoms in total. The molecule has 0 atom stereocenters. The van der Waals surface area contributed by atoms with Crippen molar-refractivity contribution in [1.29, 1.82) is 0 Å². The van der Waals surface area contributed by atoms with Crippen LogP contribution in [0.5, 0.6) is 0 Å². The van der Waals surface area contributed by atoms with Gasteiger partial charge < -0.3 is 9.30 Å². The van der Waals surface area contributed by atoms with Crippen molar-refractivity contribution in [3.63, 3.8) is 0 Å². The van der Waals surface area contributed by atoms with E-state index in [1.165, 1.54) is 17.0 Å². The Morgan fingerprint density at radius 2 is 1.68 bits per heavy atom. The first-order valence-electron chi connectivity index (χ1n) is 5.41. The molecule has 104 valence electrons. The Hall–Kier alpha value is -1.33. The van der Waals surface area contributed by atoms with Crippen LogP contribution in [0.25, 0.3) is 0 Å². The van der Waals surface area contributed by atoms with Gasteiger partial charge >= 0.3 is 11.9 Å². The fraction of sp³-hybridized carbons (Fsp3) is 0.417. The molecule has 0 N–H and O–H groups in total. The average molecular weight is 306 g/mol. The molecular weight excluding hydrogens is 293 g/mol. The van der Waals surface area contributed by atoms with E-state index in [1.807, 2.05) is 0 Å². The smallest absolute Gasteiger partial charge is 0.333 e. The van der Waals surface area contributed by atoms with Crippen molar-refractivity contribution in [3.8, 4) is 0 Å². The number of hydrogen-bond acceptors (Lipinski definition) is 4. The summed E-state index contributed by atoms with van der Waals surface area (Å²) in [6.45, 7) is 4.64. The second-order valence-corrected chi connectivity index (χ2v) is 5.78. The molecule has 0 unspecified atom stereocenters. The van der Waals surface area contributed by atoms with Crippen LogP contribution < -0.4 is 5.43 Å². The Balaban J connectivity index is 2.79. The largest absolute Gasteiger partial charge is 0.391 e. The summed E-state index contributed by atoms with van der Waals surface area (Å²) >= 11 is 11.3. The molecule has 1 rings (SSSR count). The van der Waals surface area contributed by atoms with E-state index in [0.29, 0.717) is 0 Å². The Labute approximate surface area is 120 Å². The lowest BCUT2D eigenvalue weighted by Gasteiger charge is -2.15. The van der Waals surface area contributed by atoms with Crippen molar-refractivity contribution in [2.75, 3.05) is 0 Å². The standard InChI is InChI=1S/C12H13Cl2NO4/c1-12(2,3)11(18)19-9(16)6-15-4-7(13)10(17)8(14)5-15/h4-5H,6H2,1-3H3. The zero-order chi connectivity index (χ0) is 14.8. The highest BCUT2D eigenvalue weighted by Crippen LogP contribution is 2.15. The molecule has 0 saturated carbocycles. The summed E-state index contributed by atoms with van der Waals surface area (Å²) in [5, 5.41) is -0.218. The van der Waals surface area contributed by atoms with Gasteiger partial charge in [-0.15, -0.1) is 0 Å². The molecule has 0 aliphatic heterocycles. The maximum absolute atomic E-state index is 11.5. The minimum Gasteiger partial charge on any atom is -0.391 e. The van der Waals surface area contributed by atoms with Crippen LogP contribution in [-0.4, -0.2) is 16.5 Å². The van der Waals surface area contributed by atoms with Gasteiger partial charge in [0.25, 0.3) is 0 Å². The molecule has 0 fully saturated rings. The molecule has 0 amide bonds. The van der Waals surface area contributed by atoms with Gasteiger partial charge in [0, 0.05) is 12.4 Å². The van der Waals surface area contributed by atoms with Crippen LogP contribution in [0.1, 0.15) is 20.8 Å². The summed E-state index contributed by atoms with van der Waals surface area (Å²) in [5.74, 6) is -1.38. The molecule has 0 radical (unpaired) electrons. The predicted molar refractivity (Wildman–Crippen MR) is 71.3 cm³/mol. The Bertz CT molecular complexity index is 546. The molecule has 7 heteroatoms. The van der Waals surface area contributed by atoms with Crippen LogP contribution in [0.3, 0.4) is 0 Å². The van der Waals surface area contributed by atoms with Gasteiger partial charge in [0.1, 0.15) is 16.6 Å². The van der Waals surface area contributed by atoms with Crippen molar-refractivity contribution in [1.82, 2.24) is 4.57 Å². The minimum absolute atomic E-state index is 0.109. The van der Waals surface area contributed by atoms with E-state index < -0.39 is 22.8 Å². The molecule has 0 bridgehead atoms. The normalized spacial score (nSPS) is 11.2. The van der Waals surface area contributed by atoms with Crippen molar-refractivity contribution in [3.05, 3.63) is 32.7 Å². The highest BCUT2D eigenvalue weighted by atomic mass is 35.5. The number of hydrogen-bond donors (Lipinski definition) is 0. The second-order valence-electron chi connectivity index (χ2n) is 4.97. The lowest BCUT2D eigenvalue weighted by atomic mass is 9.97. The van der Waals surface area contributed by atoms with Crippen LogP contribution in [0.2, 0.25) is 10.0 Å². The number of halogens is 2. The van der Waals surface area contributed by atoms with Gasteiger partial charge in [-0.25, -0.2) is 4.79 Å². The Morgan fingerprint density at radius 1 is 1.21 bits per heavy atom. The SMILES string of the molecule is CC(C)(C)C(=O)OC(=O)Cn1cc(Cl)c(=O)c(Cl)c1. The highest BCUT2D eigenvalue weighted by Gasteiger charge is 2.25. The molecular formula is C12H13Cl2NO4. The number of pyridine rings is 1. The van der Waals surface area contributed by atoms with Gasteiger partial charge in [0.2, 0.25) is 5.43 Å². The third-order valence-electron chi connectivity index (χ3n) is 2.12. The molecule has 1 heterocycles. The van der Waals surface area contributed by atoms with E-state index >= 15 is 0 Å². The molecule has 0 aromatic carbocycles. The van der Waals surface area contributed by atoms with Gasteiger partial charge in [-0.3, -0.25) is 9.59 Å². The molecule has 0 aliphatic rings. The first kappa shape index (κ1) is 15.7. The van der Waals surface area contributed by atoms with Crippen LogP contribution in [-0.2, 0) is 20.9 Å². The molecule has 0 spiro atoms. The van der Waals surface area contributed by atoms with Crippen LogP contribution >= 0.6 is 23.2 Å². The second kappa shape index (κ2) is 5.75. The molecule has 1 aromatic heterocycles. The number of rotatable bonds is 2. The third kappa shape index (κ3) is 4.36. The lowest BCUT2D eigenvalue weighted by Crippen LogP contribution is -2.27. The van der Waals surface area contributed by atoms with Crippen molar-refractivity contribution >= 4 is 35.1 Å². The summed E-state index contributed by atoms with van der Waals surface area (Å²) in [6.07, 6.45) is 2.50. The van der Waals surface area contributed by atoms with E-state index in [4.69, 9.17) is 23.2 Å². The first-order chi connectivity index (χ1) is 8.61. The number of carbonyl (C=O) groups is 2. The van der Waals surface area contributed by atoms with Gasteiger partial charge in [-0.05, 0) is 20.8 Å². The zero-order valence-electron chi connectivity index (χ0n) is 10.7. The summed E-state index contributed by atoms with van der Waals surface area (Å²) in [6, 6.07) is 0. The molecule has 0 saturated heterocycles. The molecule has 0 aliphatic carbocycles. The van der Waals surface area contributed by atoms with Gasteiger partial charge in [-0.2, -0.15) is 0 Å². The average Bonchev–Trinajstić information content (AvgIpc) is 2.24. The van der Waals surface area contributed by atoms with Gasteiger partial charge in [0.15, 0.2) is 0 Å². The van der Waals surface area contributed by atoms with E-state index in [9.17, 15) is 14.4 Å². The molecule has 1 aromatic rings. The van der Waals surface area contributed by atoms with Crippen LogP contribution in [0, 0.1) is 5.41 Å². The fourth-order valence-corrected chi connectivity index (χ4v) is 1.59. The van der Waals surface area contributed by atoms with E-state index in [0.717, 1.165) is 0 Å². The Morgan fingerprint density at radius 3 is 2.11 bits per heavy atom. The third-order valence-corrected chi connectivity index (χ3v) is 2.66. The van der Waals surface area contributed by atoms with Crippen molar-refractivity contribution in [2.45, 2.75) is 27.3 Å². The summed E-state index contributed by atoms with van der Waals surface area (Å²) in [5.41, 5.74) is -1.28. The van der Waals surface area contributed by atoms with E-state index in [-0.39, 0.29) is 16.6 Å². The fourth-order valence-electron chi connectivity index (χ4n) is 1.09. The number of carbonyl (C=O) groups excluding carboxylic acids is 2. The monoisotopic (exact) mass is 305 g/mol. The van der Waals surface area contributed by atoms with Crippen molar-refractivity contribution in [2.24, 2.45) is 5.41 Å². The lowest BCUT2D eigenvalue weighted by molar-refractivity contribution is -0.166. The number of ether oxygens (including phenoxy) is 1. The van der Waals surface area contributed by atoms with Crippen LogP contribution in [0.15, 0.2) is 17.2 Å². The summed E-state index contributed by atoms with van der Waals surface area (Å²) < 4.78 is 5.95. The minimum atomic E-state index is -0.769.